The van der Waals surface area contributed by atoms with Gasteiger partial charge in [0.1, 0.15) is 5.54 Å². The van der Waals surface area contributed by atoms with Gasteiger partial charge in [-0.15, -0.1) is 0 Å². The van der Waals surface area contributed by atoms with Crippen LogP contribution < -0.4 is 19.7 Å². The zero-order valence-electron chi connectivity index (χ0n) is 17.1. The van der Waals surface area contributed by atoms with Gasteiger partial charge < -0.3 is 14.8 Å². The van der Waals surface area contributed by atoms with Crippen LogP contribution in [-0.4, -0.2) is 36.4 Å². The minimum atomic E-state index is -1.09. The SMILES string of the molecule is COc1cc(C(C)=O)ccc1O[C@H](C)C(=O)N1c2ccccc2NC(=O)C1(C)C. The molecule has 1 atom stereocenters. The van der Waals surface area contributed by atoms with Gasteiger partial charge in [-0.2, -0.15) is 0 Å². The predicted octanol–water partition coefficient (Wildman–Crippen LogP) is 3.43. The third-order valence-electron chi connectivity index (χ3n) is 4.95. The number of carbonyl (C=O) groups excluding carboxylic acids is 3. The van der Waals surface area contributed by atoms with Gasteiger partial charge in [-0.3, -0.25) is 19.3 Å². The van der Waals surface area contributed by atoms with Gasteiger partial charge in [0, 0.05) is 5.56 Å². The molecule has 0 saturated heterocycles. The Kier molecular flexibility index (Phi) is 5.33. The van der Waals surface area contributed by atoms with Gasteiger partial charge in [0.05, 0.1) is 18.5 Å². The molecule has 3 rings (SSSR count). The van der Waals surface area contributed by atoms with Crippen LogP contribution in [-0.2, 0) is 9.59 Å². The van der Waals surface area contributed by atoms with E-state index in [2.05, 4.69) is 5.32 Å². The normalized spacial score (nSPS) is 15.8. The molecule has 0 unspecified atom stereocenters. The molecular formula is C22H24N2O5. The first kappa shape index (κ1) is 20.4. The molecule has 29 heavy (non-hydrogen) atoms. The van der Waals surface area contributed by atoms with E-state index in [0.717, 1.165) is 0 Å². The summed E-state index contributed by atoms with van der Waals surface area (Å²) in [5.74, 6) is -0.0499. The van der Waals surface area contributed by atoms with Crippen LogP contribution in [0.5, 0.6) is 11.5 Å². The van der Waals surface area contributed by atoms with Gasteiger partial charge >= 0.3 is 0 Å². The summed E-state index contributed by atoms with van der Waals surface area (Å²) >= 11 is 0. The number of ketones is 1. The van der Waals surface area contributed by atoms with Crippen molar-refractivity contribution in [2.45, 2.75) is 39.3 Å². The van der Waals surface area contributed by atoms with Crippen molar-refractivity contribution < 1.29 is 23.9 Å². The lowest BCUT2D eigenvalue weighted by Gasteiger charge is -2.42. The average Bonchev–Trinajstić information content (AvgIpc) is 2.68. The quantitative estimate of drug-likeness (QED) is 0.783. The van der Waals surface area contributed by atoms with Crippen molar-refractivity contribution in [1.29, 1.82) is 0 Å². The first-order valence-electron chi connectivity index (χ1n) is 9.27. The first-order valence-corrected chi connectivity index (χ1v) is 9.27. The number of nitrogens with one attached hydrogen (secondary N) is 1. The molecule has 152 valence electrons. The van der Waals surface area contributed by atoms with Gasteiger partial charge in [-0.05, 0) is 58.0 Å². The van der Waals surface area contributed by atoms with Crippen molar-refractivity contribution in [3.05, 3.63) is 48.0 Å². The Bertz CT molecular complexity index is 983. The molecule has 0 fully saturated rings. The molecule has 1 N–H and O–H groups in total. The van der Waals surface area contributed by atoms with Crippen LogP contribution in [0, 0.1) is 0 Å². The molecule has 2 amide bonds. The van der Waals surface area contributed by atoms with Crippen molar-refractivity contribution in [1.82, 2.24) is 0 Å². The molecule has 7 nitrogen and oxygen atoms in total. The minimum absolute atomic E-state index is 0.100. The fourth-order valence-corrected chi connectivity index (χ4v) is 3.25. The van der Waals surface area contributed by atoms with Crippen LogP contribution in [0.3, 0.4) is 0 Å². The first-order chi connectivity index (χ1) is 13.7. The average molecular weight is 396 g/mol. The second-order valence-electron chi connectivity index (χ2n) is 7.39. The third-order valence-corrected chi connectivity index (χ3v) is 4.95. The van der Waals surface area contributed by atoms with E-state index in [-0.39, 0.29) is 17.6 Å². The number of rotatable bonds is 5. The van der Waals surface area contributed by atoms with Crippen LogP contribution in [0.1, 0.15) is 38.1 Å². The molecule has 7 heteroatoms. The summed E-state index contributed by atoms with van der Waals surface area (Å²) in [4.78, 5) is 39.0. The third kappa shape index (κ3) is 3.68. The maximum atomic E-state index is 13.3. The highest BCUT2D eigenvalue weighted by Gasteiger charge is 2.45. The van der Waals surface area contributed by atoms with Gasteiger partial charge in [0.15, 0.2) is 23.4 Å². The van der Waals surface area contributed by atoms with Crippen molar-refractivity contribution in [3.8, 4) is 11.5 Å². The summed E-state index contributed by atoms with van der Waals surface area (Å²) in [6, 6.07) is 11.9. The van der Waals surface area contributed by atoms with Crippen LogP contribution in [0.2, 0.25) is 0 Å². The lowest BCUT2D eigenvalue weighted by Crippen LogP contribution is -2.60. The fourth-order valence-electron chi connectivity index (χ4n) is 3.25. The second-order valence-corrected chi connectivity index (χ2v) is 7.39. The predicted molar refractivity (Wildman–Crippen MR) is 110 cm³/mol. The minimum Gasteiger partial charge on any atom is -0.493 e. The Morgan fingerprint density at radius 2 is 1.79 bits per heavy atom. The number of methoxy groups -OCH3 is 1. The maximum Gasteiger partial charge on any atom is 0.268 e. The van der Waals surface area contributed by atoms with Gasteiger partial charge in [-0.1, -0.05) is 12.1 Å². The van der Waals surface area contributed by atoms with Crippen molar-refractivity contribution in [3.63, 3.8) is 0 Å². The molecule has 0 radical (unpaired) electrons. The number of amides is 2. The Morgan fingerprint density at radius 3 is 2.45 bits per heavy atom. The largest absolute Gasteiger partial charge is 0.493 e. The molecule has 2 aromatic rings. The highest BCUT2D eigenvalue weighted by molar-refractivity contribution is 6.15. The Morgan fingerprint density at radius 1 is 1.10 bits per heavy atom. The molecule has 1 heterocycles. The fraction of sp³-hybridized carbons (Fsp3) is 0.318. The number of para-hydroxylation sites is 2. The van der Waals surface area contributed by atoms with E-state index < -0.39 is 11.6 Å². The number of nitrogens with zero attached hydrogens (tertiary/aromatic N) is 1. The number of anilines is 2. The monoisotopic (exact) mass is 396 g/mol. The number of hydrogen-bond donors (Lipinski definition) is 1. The van der Waals surface area contributed by atoms with Crippen LogP contribution >= 0.6 is 0 Å². The zero-order chi connectivity index (χ0) is 21.3. The van der Waals surface area contributed by atoms with Crippen molar-refractivity contribution in [2.24, 2.45) is 0 Å². The van der Waals surface area contributed by atoms with E-state index in [1.54, 1.807) is 57.2 Å². The summed E-state index contributed by atoms with van der Waals surface area (Å²) in [5.41, 5.74) is 0.569. The molecular weight excluding hydrogens is 372 g/mol. The number of hydrogen-bond acceptors (Lipinski definition) is 5. The summed E-state index contributed by atoms with van der Waals surface area (Å²) in [6.45, 7) is 6.45. The maximum absolute atomic E-state index is 13.3. The molecule has 0 saturated carbocycles. The summed E-state index contributed by atoms with van der Waals surface area (Å²) in [7, 11) is 1.47. The lowest BCUT2D eigenvalue weighted by atomic mass is 9.95. The lowest BCUT2D eigenvalue weighted by molar-refractivity contribution is -0.130. The van der Waals surface area contributed by atoms with E-state index in [1.165, 1.54) is 18.9 Å². The van der Waals surface area contributed by atoms with E-state index in [4.69, 9.17) is 9.47 Å². The molecule has 1 aliphatic heterocycles. The zero-order valence-corrected chi connectivity index (χ0v) is 17.1. The highest BCUT2D eigenvalue weighted by atomic mass is 16.5. The number of ether oxygens (including phenoxy) is 2. The van der Waals surface area contributed by atoms with Crippen molar-refractivity contribution >= 4 is 29.0 Å². The Hall–Kier alpha value is -3.35. The molecule has 0 bridgehead atoms. The molecule has 0 spiro atoms. The standard InChI is InChI=1S/C22H24N2O5/c1-13(25)15-10-11-18(19(12-15)28-5)29-14(2)20(26)24-17-9-7-6-8-16(17)23-21(27)22(24,3)4/h6-12,14H,1-5H3,(H,23,27)/t14-/m1/s1. The Labute approximate surface area is 169 Å². The summed E-state index contributed by atoms with van der Waals surface area (Å²) < 4.78 is 11.2. The smallest absolute Gasteiger partial charge is 0.268 e. The van der Waals surface area contributed by atoms with E-state index in [1.807, 2.05) is 6.07 Å². The second kappa shape index (κ2) is 7.58. The molecule has 1 aliphatic rings. The van der Waals surface area contributed by atoms with Gasteiger partial charge in [0.2, 0.25) is 5.91 Å². The highest BCUT2D eigenvalue weighted by Crippen LogP contribution is 2.38. The molecule has 2 aromatic carbocycles. The molecule has 0 aromatic heterocycles. The number of carbonyl (C=O) groups is 3. The number of fused-ring (bicyclic) bond motifs is 1. The topological polar surface area (TPSA) is 84.9 Å². The van der Waals surface area contributed by atoms with Crippen LogP contribution in [0.4, 0.5) is 11.4 Å². The molecule has 0 aliphatic carbocycles. The summed E-state index contributed by atoms with van der Waals surface area (Å²) in [5, 5.41) is 2.83. The van der Waals surface area contributed by atoms with E-state index in [0.29, 0.717) is 28.4 Å². The van der Waals surface area contributed by atoms with Crippen molar-refractivity contribution in [2.75, 3.05) is 17.3 Å². The van der Waals surface area contributed by atoms with E-state index >= 15 is 0 Å². The van der Waals surface area contributed by atoms with Gasteiger partial charge in [-0.25, -0.2) is 0 Å². The number of Topliss-reactive ketones (excluding diaryl/α,β-unsaturated/α-hetero) is 1. The number of benzene rings is 2. The Balaban J connectivity index is 1.92. The van der Waals surface area contributed by atoms with Crippen LogP contribution in [0.15, 0.2) is 42.5 Å². The van der Waals surface area contributed by atoms with E-state index in [9.17, 15) is 14.4 Å². The summed E-state index contributed by atoms with van der Waals surface area (Å²) in [6.07, 6.45) is -0.898. The van der Waals surface area contributed by atoms with Gasteiger partial charge in [0.25, 0.3) is 5.91 Å². The van der Waals surface area contributed by atoms with Crippen LogP contribution in [0.25, 0.3) is 0 Å².